The predicted molar refractivity (Wildman–Crippen MR) is 80.5 cm³/mol. The molecule has 23 heavy (non-hydrogen) atoms. The van der Waals surface area contributed by atoms with Crippen molar-refractivity contribution in [2.24, 2.45) is 9.98 Å². The van der Waals surface area contributed by atoms with Crippen molar-refractivity contribution in [1.29, 1.82) is 0 Å². The molecule has 0 amide bonds. The second-order valence-electron chi connectivity index (χ2n) is 4.81. The lowest BCUT2D eigenvalue weighted by atomic mass is 10.3. The van der Waals surface area contributed by atoms with Gasteiger partial charge in [0.15, 0.2) is 23.9 Å². The number of carbonyl (C=O) groups is 2. The largest absolute Gasteiger partial charge is 0.477 e. The summed E-state index contributed by atoms with van der Waals surface area (Å²) in [5.74, 6) is 0.0961. The second kappa shape index (κ2) is 8.47. The second-order valence-corrected chi connectivity index (χ2v) is 4.81. The maximum absolute atomic E-state index is 11.5. The molecule has 0 unspecified atom stereocenters. The van der Waals surface area contributed by atoms with Gasteiger partial charge in [0.1, 0.15) is 13.2 Å². The zero-order valence-corrected chi connectivity index (χ0v) is 13.2. The molecule has 2 aliphatic rings. The Hall–Kier alpha value is -2.16. The third kappa shape index (κ3) is 4.92. The van der Waals surface area contributed by atoms with Crippen LogP contribution in [0.25, 0.3) is 0 Å². The summed E-state index contributed by atoms with van der Waals surface area (Å²) in [7, 11) is 0. The van der Waals surface area contributed by atoms with Crippen LogP contribution in [0.3, 0.4) is 0 Å². The van der Waals surface area contributed by atoms with Crippen molar-refractivity contribution in [3.8, 4) is 0 Å². The number of aliphatic imine (C=N–C) groups is 2. The van der Waals surface area contributed by atoms with Gasteiger partial charge >= 0.3 is 11.9 Å². The van der Waals surface area contributed by atoms with Crippen LogP contribution in [-0.2, 0) is 28.5 Å². The van der Waals surface area contributed by atoms with Gasteiger partial charge in [0.05, 0.1) is 26.3 Å². The van der Waals surface area contributed by atoms with E-state index in [1.54, 1.807) is 13.8 Å². The topological polar surface area (TPSA) is 108 Å². The van der Waals surface area contributed by atoms with Crippen molar-refractivity contribution in [3.63, 3.8) is 0 Å². The molecule has 0 radical (unpaired) electrons. The van der Waals surface area contributed by atoms with Crippen LogP contribution in [0.5, 0.6) is 0 Å². The molecule has 2 aliphatic heterocycles. The van der Waals surface area contributed by atoms with Crippen LogP contribution in [0.1, 0.15) is 13.8 Å². The monoisotopic (exact) mass is 327 g/mol. The van der Waals surface area contributed by atoms with Crippen molar-refractivity contribution in [1.82, 2.24) is 5.32 Å². The number of nitrogens with one attached hydrogen (secondary N) is 1. The van der Waals surface area contributed by atoms with Gasteiger partial charge in [0, 0.05) is 0 Å². The minimum atomic E-state index is -0.597. The van der Waals surface area contributed by atoms with E-state index < -0.39 is 12.1 Å². The normalized spacial score (nSPS) is 22.7. The van der Waals surface area contributed by atoms with Gasteiger partial charge in [-0.25, -0.2) is 19.6 Å². The highest BCUT2D eigenvalue weighted by Gasteiger charge is 2.28. The highest BCUT2D eigenvalue weighted by molar-refractivity contribution is 5.88. The molecule has 0 aliphatic carbocycles. The third-order valence-electron chi connectivity index (χ3n) is 3.09. The van der Waals surface area contributed by atoms with Crippen molar-refractivity contribution in [2.45, 2.75) is 25.9 Å². The average molecular weight is 327 g/mol. The van der Waals surface area contributed by atoms with Crippen LogP contribution < -0.4 is 5.32 Å². The van der Waals surface area contributed by atoms with Crippen LogP contribution in [0, 0.1) is 0 Å². The van der Waals surface area contributed by atoms with Crippen molar-refractivity contribution >= 4 is 23.7 Å². The molecular weight excluding hydrogens is 306 g/mol. The minimum Gasteiger partial charge on any atom is -0.477 e. The first kappa shape index (κ1) is 17.2. The van der Waals surface area contributed by atoms with Crippen molar-refractivity contribution in [2.75, 3.05) is 39.5 Å². The average Bonchev–Trinajstić information content (AvgIpc) is 3.17. The number of hydrogen-bond acceptors (Lipinski definition) is 9. The lowest BCUT2D eigenvalue weighted by Gasteiger charge is -2.04. The molecule has 9 nitrogen and oxygen atoms in total. The molecule has 2 atom stereocenters. The molecule has 0 fully saturated rings. The van der Waals surface area contributed by atoms with E-state index in [0.29, 0.717) is 38.1 Å². The summed E-state index contributed by atoms with van der Waals surface area (Å²) >= 11 is 0. The van der Waals surface area contributed by atoms with Crippen molar-refractivity contribution in [3.05, 3.63) is 0 Å². The highest BCUT2D eigenvalue weighted by Crippen LogP contribution is 2.08. The first-order chi connectivity index (χ1) is 11.1. The van der Waals surface area contributed by atoms with E-state index in [1.165, 1.54) is 0 Å². The Balaban J connectivity index is 1.71. The van der Waals surface area contributed by atoms with Crippen LogP contribution >= 0.6 is 0 Å². The number of esters is 2. The van der Waals surface area contributed by atoms with E-state index in [9.17, 15) is 9.59 Å². The van der Waals surface area contributed by atoms with E-state index in [4.69, 9.17) is 18.9 Å². The van der Waals surface area contributed by atoms with Crippen molar-refractivity contribution < 1.29 is 28.5 Å². The maximum Gasteiger partial charge on any atom is 0.334 e. The van der Waals surface area contributed by atoms with E-state index in [-0.39, 0.29) is 25.2 Å². The molecular formula is C14H21N3O6. The molecule has 0 aromatic rings. The predicted octanol–water partition coefficient (Wildman–Crippen LogP) is -0.703. The Labute approximate surface area is 134 Å². The number of ether oxygens (including phenoxy) is 4. The van der Waals surface area contributed by atoms with Gasteiger partial charge in [0.25, 0.3) is 0 Å². The van der Waals surface area contributed by atoms with Gasteiger partial charge in [-0.1, -0.05) is 0 Å². The van der Waals surface area contributed by atoms with Crippen LogP contribution in [0.2, 0.25) is 0 Å². The fraction of sp³-hybridized carbons (Fsp3) is 0.714. The highest BCUT2D eigenvalue weighted by atomic mass is 16.5. The lowest BCUT2D eigenvalue weighted by Crippen LogP contribution is -2.28. The van der Waals surface area contributed by atoms with E-state index in [1.807, 2.05) is 0 Å². The SMILES string of the molecule is CCOC(=O)[C@@H]1COC(CNCC2=N[C@@H](C(=O)OCC)CO2)=N1. The van der Waals surface area contributed by atoms with Gasteiger partial charge in [-0.3, -0.25) is 0 Å². The number of carbonyl (C=O) groups excluding carboxylic acids is 2. The molecule has 9 heteroatoms. The molecule has 0 aromatic heterocycles. The molecule has 0 spiro atoms. The molecule has 2 heterocycles. The van der Waals surface area contributed by atoms with E-state index in [0.717, 1.165) is 0 Å². The van der Waals surface area contributed by atoms with Gasteiger partial charge in [-0.05, 0) is 13.8 Å². The quantitative estimate of drug-likeness (QED) is 0.587. The Morgan fingerprint density at radius 2 is 1.43 bits per heavy atom. The van der Waals surface area contributed by atoms with Crippen LogP contribution in [0.4, 0.5) is 0 Å². The lowest BCUT2D eigenvalue weighted by molar-refractivity contribution is -0.145. The Bertz CT molecular complexity index is 461. The van der Waals surface area contributed by atoms with Crippen LogP contribution in [-0.4, -0.2) is 75.3 Å². The summed E-state index contributed by atoms with van der Waals surface area (Å²) in [5.41, 5.74) is 0. The molecule has 1 N–H and O–H groups in total. The Morgan fingerprint density at radius 3 is 1.83 bits per heavy atom. The maximum atomic E-state index is 11.5. The Morgan fingerprint density at radius 1 is 1.00 bits per heavy atom. The fourth-order valence-electron chi connectivity index (χ4n) is 2.04. The van der Waals surface area contributed by atoms with Crippen LogP contribution in [0.15, 0.2) is 9.98 Å². The smallest absolute Gasteiger partial charge is 0.334 e. The standard InChI is InChI=1S/C14H21N3O6/c1-3-20-13(18)9-7-22-11(16-9)5-15-6-12-17-10(8-23-12)14(19)21-4-2/h9-10,15H,3-8H2,1-2H3/t9-,10+. The summed E-state index contributed by atoms with van der Waals surface area (Å²) in [6.45, 7) is 5.17. The summed E-state index contributed by atoms with van der Waals surface area (Å²) in [6, 6.07) is -1.19. The number of rotatable bonds is 8. The molecule has 2 rings (SSSR count). The Kier molecular flexibility index (Phi) is 6.33. The first-order valence-electron chi connectivity index (χ1n) is 7.57. The van der Waals surface area contributed by atoms with Gasteiger partial charge in [-0.2, -0.15) is 0 Å². The summed E-state index contributed by atoms with van der Waals surface area (Å²) in [6.07, 6.45) is 0. The number of hydrogen-bond donors (Lipinski definition) is 1. The van der Waals surface area contributed by atoms with Gasteiger partial charge in [-0.15, -0.1) is 0 Å². The summed E-state index contributed by atoms with van der Waals surface area (Å²) < 4.78 is 20.4. The first-order valence-corrected chi connectivity index (χ1v) is 7.57. The molecule has 0 saturated carbocycles. The molecule has 0 saturated heterocycles. The molecule has 0 aromatic carbocycles. The minimum absolute atomic E-state index is 0.193. The summed E-state index contributed by atoms with van der Waals surface area (Å²) in [4.78, 5) is 31.3. The zero-order chi connectivity index (χ0) is 16.7. The molecule has 128 valence electrons. The summed E-state index contributed by atoms with van der Waals surface area (Å²) in [5, 5.41) is 3.04. The molecule has 0 bridgehead atoms. The number of nitrogens with zero attached hydrogens (tertiary/aromatic N) is 2. The van der Waals surface area contributed by atoms with E-state index >= 15 is 0 Å². The zero-order valence-electron chi connectivity index (χ0n) is 13.2. The van der Waals surface area contributed by atoms with E-state index in [2.05, 4.69) is 15.3 Å². The third-order valence-corrected chi connectivity index (χ3v) is 3.09. The van der Waals surface area contributed by atoms with Gasteiger partial charge in [0.2, 0.25) is 0 Å². The fourth-order valence-corrected chi connectivity index (χ4v) is 2.04. The van der Waals surface area contributed by atoms with Gasteiger partial charge < -0.3 is 24.3 Å².